The summed E-state index contributed by atoms with van der Waals surface area (Å²) in [4.78, 5) is 32.6. The lowest BCUT2D eigenvalue weighted by molar-refractivity contribution is 0.101. The van der Waals surface area contributed by atoms with Gasteiger partial charge in [0.05, 0.1) is 5.69 Å². The van der Waals surface area contributed by atoms with Gasteiger partial charge < -0.3 is 15.2 Å². The first-order valence-corrected chi connectivity index (χ1v) is 16.4. The first-order chi connectivity index (χ1) is 22.4. The van der Waals surface area contributed by atoms with Crippen LogP contribution in [0.4, 0.5) is 17.2 Å². The van der Waals surface area contributed by atoms with E-state index in [-0.39, 0.29) is 5.91 Å². The van der Waals surface area contributed by atoms with E-state index in [0.717, 1.165) is 107 Å². The second-order valence-corrected chi connectivity index (χ2v) is 12.6. The lowest BCUT2D eigenvalue weighted by Gasteiger charge is -2.24. The molecule has 3 aromatic heterocycles. The summed E-state index contributed by atoms with van der Waals surface area (Å²) in [6, 6.07) is 16.6. The molecule has 0 spiro atoms. The van der Waals surface area contributed by atoms with Crippen molar-refractivity contribution in [2.24, 2.45) is 7.05 Å². The molecule has 2 aliphatic rings. The molecule has 5 heterocycles. The van der Waals surface area contributed by atoms with Gasteiger partial charge in [0, 0.05) is 68.0 Å². The number of aromatic nitrogens is 4. The molecule has 0 aliphatic carbocycles. The largest absolute Gasteiger partial charge is 0.338 e. The monoisotopic (exact) mass is 614 g/mol. The fourth-order valence-corrected chi connectivity index (χ4v) is 6.97. The Bertz CT molecular complexity index is 1920. The number of nitrogens with one attached hydrogen (secondary N) is 2. The molecule has 1 saturated heterocycles. The molecule has 2 aliphatic heterocycles. The third-order valence-corrected chi connectivity index (χ3v) is 9.70. The van der Waals surface area contributed by atoms with E-state index in [1.54, 1.807) is 0 Å². The molecule has 0 atom stereocenters. The molecule has 9 heteroatoms. The standard InChI is InChI=1S/C37H42N8O/c1-5-44-19-15-33-32(23-44)41-36(43(33)4)37(46)42-31-13-9-11-29(25(31)3)28-10-8-12-30(24(28)2)40-35-34-27(14-16-38-35)20-26(21-39-34)22-45-17-6-7-18-45/h8-14,16,20-21H,5-7,15,17-19,22-23H2,1-4H3,(H,38,40)(H,42,46). The number of fused-ring (bicyclic) bond motifs is 2. The van der Waals surface area contributed by atoms with Gasteiger partial charge in [0.2, 0.25) is 0 Å². The van der Waals surface area contributed by atoms with E-state index in [1.807, 2.05) is 42.2 Å². The molecule has 0 unspecified atom stereocenters. The number of hydrogen-bond donors (Lipinski definition) is 2. The fourth-order valence-electron chi connectivity index (χ4n) is 6.97. The van der Waals surface area contributed by atoms with Crippen LogP contribution in [0.15, 0.2) is 60.9 Å². The van der Waals surface area contributed by atoms with Gasteiger partial charge in [-0.1, -0.05) is 31.2 Å². The minimum atomic E-state index is -0.189. The first kappa shape index (κ1) is 30.1. The number of amides is 1. The van der Waals surface area contributed by atoms with E-state index in [1.165, 1.54) is 18.4 Å². The smallest absolute Gasteiger partial charge is 0.291 e. The molecule has 7 rings (SSSR count). The summed E-state index contributed by atoms with van der Waals surface area (Å²) in [7, 11) is 1.95. The van der Waals surface area contributed by atoms with Gasteiger partial charge in [-0.2, -0.15) is 0 Å². The zero-order chi connectivity index (χ0) is 31.8. The molecule has 236 valence electrons. The predicted octanol–water partition coefficient (Wildman–Crippen LogP) is 6.62. The Balaban J connectivity index is 1.13. The quantitative estimate of drug-likeness (QED) is 0.203. The maximum atomic E-state index is 13.5. The van der Waals surface area contributed by atoms with Crippen LogP contribution in [-0.2, 0) is 26.6 Å². The molecule has 2 N–H and O–H groups in total. The molecular formula is C37H42N8O. The van der Waals surface area contributed by atoms with Crippen molar-refractivity contribution >= 4 is 34.0 Å². The Morgan fingerprint density at radius 2 is 1.65 bits per heavy atom. The number of imidazole rings is 1. The summed E-state index contributed by atoms with van der Waals surface area (Å²) in [5.74, 6) is 1.00. The summed E-state index contributed by atoms with van der Waals surface area (Å²) in [5, 5.41) is 7.82. The number of hydrogen-bond acceptors (Lipinski definition) is 7. The highest BCUT2D eigenvalue weighted by molar-refractivity contribution is 6.03. The molecule has 46 heavy (non-hydrogen) atoms. The van der Waals surface area contributed by atoms with Crippen LogP contribution in [0.5, 0.6) is 0 Å². The number of likely N-dealkylation sites (N-methyl/N-ethyl adjacent to an activating group) is 1. The van der Waals surface area contributed by atoms with Crippen molar-refractivity contribution in [3.05, 3.63) is 94.8 Å². The highest BCUT2D eigenvalue weighted by atomic mass is 16.2. The van der Waals surface area contributed by atoms with Gasteiger partial charge in [-0.05, 0) is 98.4 Å². The zero-order valence-electron chi connectivity index (χ0n) is 27.2. The van der Waals surface area contributed by atoms with Crippen LogP contribution >= 0.6 is 0 Å². The summed E-state index contributed by atoms with van der Waals surface area (Å²) >= 11 is 0. The van der Waals surface area contributed by atoms with Crippen molar-refractivity contribution in [3.8, 4) is 11.1 Å². The normalized spacial score (nSPS) is 15.3. The van der Waals surface area contributed by atoms with Crippen molar-refractivity contribution in [1.82, 2.24) is 29.3 Å². The van der Waals surface area contributed by atoms with E-state index in [0.29, 0.717) is 5.82 Å². The van der Waals surface area contributed by atoms with Crippen molar-refractivity contribution < 1.29 is 4.79 Å². The van der Waals surface area contributed by atoms with Crippen molar-refractivity contribution in [3.63, 3.8) is 0 Å². The third-order valence-electron chi connectivity index (χ3n) is 9.70. The molecule has 2 aromatic carbocycles. The van der Waals surface area contributed by atoms with Crippen molar-refractivity contribution in [1.29, 1.82) is 0 Å². The van der Waals surface area contributed by atoms with Crippen LogP contribution in [0, 0.1) is 13.8 Å². The number of likely N-dealkylation sites (tertiary alicyclic amines) is 1. The Labute approximate surface area is 270 Å². The first-order valence-electron chi connectivity index (χ1n) is 16.4. The Morgan fingerprint density at radius 3 is 2.41 bits per heavy atom. The highest BCUT2D eigenvalue weighted by Crippen LogP contribution is 2.35. The summed E-state index contributed by atoms with van der Waals surface area (Å²) in [5.41, 5.74) is 10.2. The lowest BCUT2D eigenvalue weighted by atomic mass is 9.94. The summed E-state index contributed by atoms with van der Waals surface area (Å²) in [6.07, 6.45) is 7.29. The van der Waals surface area contributed by atoms with Gasteiger partial charge in [0.1, 0.15) is 5.52 Å². The number of carbonyl (C=O) groups is 1. The van der Waals surface area contributed by atoms with Gasteiger partial charge in [-0.25, -0.2) is 9.97 Å². The minimum absolute atomic E-state index is 0.189. The number of pyridine rings is 2. The van der Waals surface area contributed by atoms with Crippen LogP contribution in [0.2, 0.25) is 0 Å². The summed E-state index contributed by atoms with van der Waals surface area (Å²) < 4.78 is 1.96. The number of rotatable bonds is 8. The van der Waals surface area contributed by atoms with Gasteiger partial charge in [-0.15, -0.1) is 0 Å². The molecule has 5 aromatic rings. The van der Waals surface area contributed by atoms with E-state index < -0.39 is 0 Å². The molecule has 1 fully saturated rings. The minimum Gasteiger partial charge on any atom is -0.338 e. The third kappa shape index (κ3) is 5.76. The maximum Gasteiger partial charge on any atom is 0.291 e. The number of benzene rings is 2. The Kier molecular flexibility index (Phi) is 8.27. The molecule has 9 nitrogen and oxygen atoms in total. The molecule has 0 bridgehead atoms. The molecule has 1 amide bonds. The van der Waals surface area contributed by atoms with Crippen LogP contribution in [0.1, 0.15) is 58.5 Å². The Morgan fingerprint density at radius 1 is 0.913 bits per heavy atom. The second kappa shape index (κ2) is 12.7. The van der Waals surface area contributed by atoms with Crippen molar-refractivity contribution in [2.75, 3.05) is 36.8 Å². The fraction of sp³-hybridized carbons (Fsp3) is 0.351. The van der Waals surface area contributed by atoms with Crippen LogP contribution < -0.4 is 10.6 Å². The lowest BCUT2D eigenvalue weighted by Crippen LogP contribution is -2.30. The predicted molar refractivity (Wildman–Crippen MR) is 184 cm³/mol. The molecule has 0 saturated carbocycles. The average Bonchev–Trinajstić information content (AvgIpc) is 3.70. The SMILES string of the molecule is CCN1CCc2c(nc(C(=O)Nc3cccc(-c4cccc(Nc5nccc6cc(CN7CCCC7)cnc56)c4C)c3C)n2C)C1. The van der Waals surface area contributed by atoms with Gasteiger partial charge in [-0.3, -0.25) is 19.6 Å². The maximum absolute atomic E-state index is 13.5. The van der Waals surface area contributed by atoms with E-state index >= 15 is 0 Å². The summed E-state index contributed by atoms with van der Waals surface area (Å²) in [6.45, 7) is 12.4. The zero-order valence-corrected chi connectivity index (χ0v) is 27.2. The van der Waals surface area contributed by atoms with Gasteiger partial charge >= 0.3 is 0 Å². The number of nitrogens with zero attached hydrogens (tertiary/aromatic N) is 6. The van der Waals surface area contributed by atoms with Crippen LogP contribution in [0.3, 0.4) is 0 Å². The molecular weight excluding hydrogens is 572 g/mol. The van der Waals surface area contributed by atoms with E-state index in [4.69, 9.17) is 9.97 Å². The number of anilines is 3. The van der Waals surface area contributed by atoms with Crippen LogP contribution in [0.25, 0.3) is 22.0 Å². The molecule has 0 radical (unpaired) electrons. The topological polar surface area (TPSA) is 91.2 Å². The average molecular weight is 615 g/mol. The number of carbonyl (C=O) groups excluding carboxylic acids is 1. The van der Waals surface area contributed by atoms with Crippen molar-refractivity contribution in [2.45, 2.75) is 53.1 Å². The highest BCUT2D eigenvalue weighted by Gasteiger charge is 2.25. The van der Waals surface area contributed by atoms with Gasteiger partial charge in [0.15, 0.2) is 11.6 Å². The van der Waals surface area contributed by atoms with Crippen LogP contribution in [-0.4, -0.2) is 61.4 Å². The Hall–Kier alpha value is -4.60. The second-order valence-electron chi connectivity index (χ2n) is 12.6. The van der Waals surface area contributed by atoms with E-state index in [2.05, 4.69) is 76.5 Å². The van der Waals surface area contributed by atoms with E-state index in [9.17, 15) is 4.79 Å². The van der Waals surface area contributed by atoms with Gasteiger partial charge in [0.25, 0.3) is 5.91 Å².